The first kappa shape index (κ1) is 16.3. The molecule has 1 aromatic rings. The van der Waals surface area contributed by atoms with E-state index in [0.29, 0.717) is 19.1 Å². The summed E-state index contributed by atoms with van der Waals surface area (Å²) < 4.78 is 5.88. The number of hydrogen-bond acceptors (Lipinski definition) is 3. The fourth-order valence-electron chi connectivity index (χ4n) is 3.00. The van der Waals surface area contributed by atoms with Gasteiger partial charge < -0.3 is 15.2 Å². The van der Waals surface area contributed by atoms with Gasteiger partial charge in [0.05, 0.1) is 0 Å². The molecule has 1 unspecified atom stereocenters. The molecule has 0 spiro atoms. The summed E-state index contributed by atoms with van der Waals surface area (Å²) in [5.41, 5.74) is 1.32. The first-order valence-electron chi connectivity index (χ1n) is 8.41. The number of para-hydroxylation sites is 1. The van der Waals surface area contributed by atoms with Gasteiger partial charge in [0, 0.05) is 6.54 Å². The molecule has 0 heterocycles. The van der Waals surface area contributed by atoms with Crippen LogP contribution in [0.3, 0.4) is 0 Å². The molecule has 3 heteroatoms. The van der Waals surface area contributed by atoms with Crippen molar-refractivity contribution in [3.05, 3.63) is 29.8 Å². The number of benzene rings is 1. The predicted molar refractivity (Wildman–Crippen MR) is 86.9 cm³/mol. The smallest absolute Gasteiger partial charge is 0.122 e. The molecule has 0 aliphatic heterocycles. The molecule has 0 radical (unpaired) electrons. The summed E-state index contributed by atoms with van der Waals surface area (Å²) in [6.07, 6.45) is 7.06. The third-order valence-corrected chi connectivity index (χ3v) is 4.23. The Morgan fingerprint density at radius 1 is 1.29 bits per heavy atom. The minimum atomic E-state index is -0.446. The van der Waals surface area contributed by atoms with Crippen molar-refractivity contribution in [3.8, 4) is 5.75 Å². The molecule has 1 aromatic carbocycles. The second kappa shape index (κ2) is 9.06. The number of hydrogen-bond donors (Lipinski definition) is 2. The third kappa shape index (κ3) is 5.33. The van der Waals surface area contributed by atoms with Crippen molar-refractivity contribution in [2.75, 3.05) is 19.7 Å². The molecule has 1 fully saturated rings. The summed E-state index contributed by atoms with van der Waals surface area (Å²) >= 11 is 0. The van der Waals surface area contributed by atoms with Crippen molar-refractivity contribution in [1.29, 1.82) is 0 Å². The van der Waals surface area contributed by atoms with Crippen LogP contribution in [0.15, 0.2) is 24.3 Å². The first-order valence-corrected chi connectivity index (χ1v) is 8.41. The summed E-state index contributed by atoms with van der Waals surface area (Å²) in [6, 6.07) is 8.31. The number of ether oxygens (including phenoxy) is 1. The molecular weight excluding hydrogens is 262 g/mol. The average molecular weight is 291 g/mol. The number of aliphatic hydroxyl groups excluding tert-OH is 1. The van der Waals surface area contributed by atoms with E-state index in [4.69, 9.17) is 4.74 Å². The Kier molecular flexibility index (Phi) is 7.04. The van der Waals surface area contributed by atoms with Gasteiger partial charge in [-0.3, -0.25) is 0 Å². The zero-order valence-corrected chi connectivity index (χ0v) is 13.2. The van der Waals surface area contributed by atoms with Gasteiger partial charge in [0.2, 0.25) is 0 Å². The van der Waals surface area contributed by atoms with Crippen LogP contribution in [0.1, 0.15) is 56.9 Å². The molecule has 0 amide bonds. The highest BCUT2D eigenvalue weighted by Crippen LogP contribution is 2.38. The second-order valence-corrected chi connectivity index (χ2v) is 6.04. The van der Waals surface area contributed by atoms with Gasteiger partial charge in [0.25, 0.3) is 0 Å². The van der Waals surface area contributed by atoms with Crippen molar-refractivity contribution in [2.24, 2.45) is 0 Å². The van der Waals surface area contributed by atoms with E-state index < -0.39 is 6.10 Å². The molecule has 0 aromatic heterocycles. The molecule has 118 valence electrons. The Balaban J connectivity index is 1.79. The molecule has 3 nitrogen and oxygen atoms in total. The lowest BCUT2D eigenvalue weighted by Gasteiger charge is -2.18. The fraction of sp³-hybridized carbons (Fsp3) is 0.667. The highest BCUT2D eigenvalue weighted by molar-refractivity contribution is 5.36. The zero-order chi connectivity index (χ0) is 14.9. The van der Waals surface area contributed by atoms with Gasteiger partial charge in [-0.25, -0.2) is 0 Å². The minimum absolute atomic E-state index is 0.364. The van der Waals surface area contributed by atoms with E-state index in [1.165, 1.54) is 37.7 Å². The Morgan fingerprint density at radius 3 is 2.81 bits per heavy atom. The van der Waals surface area contributed by atoms with Crippen LogP contribution in [0.2, 0.25) is 0 Å². The minimum Gasteiger partial charge on any atom is -0.491 e. The van der Waals surface area contributed by atoms with E-state index in [2.05, 4.69) is 24.4 Å². The lowest BCUT2D eigenvalue weighted by molar-refractivity contribution is 0.106. The van der Waals surface area contributed by atoms with Crippen LogP contribution < -0.4 is 10.1 Å². The Hall–Kier alpha value is -1.06. The lowest BCUT2D eigenvalue weighted by atomic mass is 9.97. The topological polar surface area (TPSA) is 41.5 Å². The first-order chi connectivity index (χ1) is 10.3. The Bertz CT molecular complexity index is 402. The molecule has 21 heavy (non-hydrogen) atoms. The molecule has 1 atom stereocenters. The summed E-state index contributed by atoms with van der Waals surface area (Å²) in [5.74, 6) is 1.60. The standard InChI is InChI=1S/C18H29NO2/c1-2-3-12-19-13-16(20)14-21-18-11-7-6-10-17(18)15-8-4-5-9-15/h6-7,10-11,15-16,19-20H,2-5,8-9,12-14H2,1H3. The summed E-state index contributed by atoms with van der Waals surface area (Å²) in [4.78, 5) is 0. The van der Waals surface area contributed by atoms with Gasteiger partial charge in [-0.15, -0.1) is 0 Å². The van der Waals surface area contributed by atoms with E-state index >= 15 is 0 Å². The van der Waals surface area contributed by atoms with Crippen LogP contribution in [0.4, 0.5) is 0 Å². The SMILES string of the molecule is CCCCNCC(O)COc1ccccc1C1CCCC1. The molecule has 1 aliphatic carbocycles. The fourth-order valence-corrected chi connectivity index (χ4v) is 3.00. The van der Waals surface area contributed by atoms with E-state index in [-0.39, 0.29) is 0 Å². The summed E-state index contributed by atoms with van der Waals surface area (Å²) in [7, 11) is 0. The number of aliphatic hydroxyl groups is 1. The van der Waals surface area contributed by atoms with Crippen molar-refractivity contribution < 1.29 is 9.84 Å². The van der Waals surface area contributed by atoms with Crippen LogP contribution in [-0.2, 0) is 0 Å². The van der Waals surface area contributed by atoms with Crippen LogP contribution in [0, 0.1) is 0 Å². The molecule has 0 saturated heterocycles. The average Bonchev–Trinajstić information content (AvgIpc) is 3.04. The van der Waals surface area contributed by atoms with Gasteiger partial charge in [0.15, 0.2) is 0 Å². The van der Waals surface area contributed by atoms with Crippen LogP contribution in [0.25, 0.3) is 0 Å². The molecule has 0 bridgehead atoms. The quantitative estimate of drug-likeness (QED) is 0.685. The van der Waals surface area contributed by atoms with Crippen molar-refractivity contribution in [2.45, 2.75) is 57.5 Å². The third-order valence-electron chi connectivity index (χ3n) is 4.23. The molecule has 2 N–H and O–H groups in total. The zero-order valence-electron chi connectivity index (χ0n) is 13.2. The summed E-state index contributed by atoms with van der Waals surface area (Å²) in [5, 5.41) is 13.2. The molecular formula is C18H29NO2. The Morgan fingerprint density at radius 2 is 2.05 bits per heavy atom. The van der Waals surface area contributed by atoms with Gasteiger partial charge in [-0.1, -0.05) is 44.4 Å². The predicted octanol–water partition coefficient (Wildman–Crippen LogP) is 3.47. The maximum absolute atomic E-state index is 9.98. The monoisotopic (exact) mass is 291 g/mol. The highest BCUT2D eigenvalue weighted by atomic mass is 16.5. The highest BCUT2D eigenvalue weighted by Gasteiger charge is 2.20. The van der Waals surface area contributed by atoms with Gasteiger partial charge >= 0.3 is 0 Å². The largest absolute Gasteiger partial charge is 0.491 e. The van der Waals surface area contributed by atoms with Crippen molar-refractivity contribution >= 4 is 0 Å². The molecule has 1 aliphatic rings. The number of nitrogens with one attached hydrogen (secondary N) is 1. The number of rotatable bonds is 9. The van der Waals surface area contributed by atoms with Gasteiger partial charge in [-0.2, -0.15) is 0 Å². The van der Waals surface area contributed by atoms with E-state index in [1.807, 2.05) is 12.1 Å². The van der Waals surface area contributed by atoms with E-state index in [9.17, 15) is 5.11 Å². The lowest BCUT2D eigenvalue weighted by Crippen LogP contribution is -2.32. The van der Waals surface area contributed by atoms with Crippen LogP contribution >= 0.6 is 0 Å². The van der Waals surface area contributed by atoms with Gasteiger partial charge in [-0.05, 0) is 43.4 Å². The normalized spacial score (nSPS) is 17.0. The molecule has 2 rings (SSSR count). The van der Waals surface area contributed by atoms with E-state index in [1.54, 1.807) is 0 Å². The van der Waals surface area contributed by atoms with Crippen LogP contribution in [-0.4, -0.2) is 30.9 Å². The van der Waals surface area contributed by atoms with Crippen molar-refractivity contribution in [3.63, 3.8) is 0 Å². The van der Waals surface area contributed by atoms with Gasteiger partial charge in [0.1, 0.15) is 18.5 Å². The maximum atomic E-state index is 9.98. The summed E-state index contributed by atoms with van der Waals surface area (Å²) in [6.45, 7) is 4.10. The Labute approximate surface area is 128 Å². The van der Waals surface area contributed by atoms with Crippen molar-refractivity contribution in [1.82, 2.24) is 5.32 Å². The molecule has 1 saturated carbocycles. The number of unbranched alkanes of at least 4 members (excludes halogenated alkanes) is 1. The van der Waals surface area contributed by atoms with E-state index in [0.717, 1.165) is 18.7 Å². The maximum Gasteiger partial charge on any atom is 0.122 e. The second-order valence-electron chi connectivity index (χ2n) is 6.04. The van der Waals surface area contributed by atoms with Crippen LogP contribution in [0.5, 0.6) is 5.75 Å².